The van der Waals surface area contributed by atoms with Crippen molar-refractivity contribution >= 4 is 0 Å². The number of rotatable bonds is 1. The Kier molecular flexibility index (Phi) is 1.66. The average Bonchev–Trinajstić information content (AvgIpc) is 2.47. The highest BCUT2D eigenvalue weighted by molar-refractivity contribution is 5.20. The normalized spacial score (nSPS) is 16.5. The predicted molar refractivity (Wildman–Crippen MR) is 41.1 cm³/mol. The van der Waals surface area contributed by atoms with Gasteiger partial charge in [0.25, 0.3) is 0 Å². The standard InChI is InChI=1S/C8H12N2O/c11-6-10-8-4-2-1-3-7(8)5-9-10/h5,11H,1-4,6H2. The van der Waals surface area contributed by atoms with Crippen LogP contribution >= 0.6 is 0 Å². The van der Waals surface area contributed by atoms with Gasteiger partial charge in [-0.05, 0) is 31.2 Å². The molecule has 11 heavy (non-hydrogen) atoms. The summed E-state index contributed by atoms with van der Waals surface area (Å²) in [6, 6.07) is 0. The van der Waals surface area contributed by atoms with E-state index in [4.69, 9.17) is 5.11 Å². The molecule has 0 aliphatic heterocycles. The Morgan fingerprint density at radius 1 is 1.45 bits per heavy atom. The maximum atomic E-state index is 8.88. The van der Waals surface area contributed by atoms with Crippen LogP contribution in [-0.4, -0.2) is 14.9 Å². The minimum absolute atomic E-state index is 0.0231. The number of hydrogen-bond acceptors (Lipinski definition) is 2. The topological polar surface area (TPSA) is 38.0 Å². The van der Waals surface area contributed by atoms with Crippen molar-refractivity contribution in [3.05, 3.63) is 17.5 Å². The Hall–Kier alpha value is -0.830. The maximum Gasteiger partial charge on any atom is 0.136 e. The van der Waals surface area contributed by atoms with E-state index in [1.165, 1.54) is 24.1 Å². The van der Waals surface area contributed by atoms with Crippen LogP contribution in [0.5, 0.6) is 0 Å². The number of nitrogens with zero attached hydrogens (tertiary/aromatic N) is 2. The molecule has 1 aliphatic carbocycles. The second-order valence-electron chi connectivity index (χ2n) is 2.96. The molecule has 0 fully saturated rings. The van der Waals surface area contributed by atoms with Crippen molar-refractivity contribution in [2.24, 2.45) is 0 Å². The Bertz CT molecular complexity index is 241. The van der Waals surface area contributed by atoms with E-state index in [0.29, 0.717) is 0 Å². The summed E-state index contributed by atoms with van der Waals surface area (Å²) in [4.78, 5) is 0. The zero-order chi connectivity index (χ0) is 7.68. The van der Waals surface area contributed by atoms with Crippen molar-refractivity contribution in [2.45, 2.75) is 32.4 Å². The molecular weight excluding hydrogens is 140 g/mol. The molecule has 1 aliphatic rings. The quantitative estimate of drug-likeness (QED) is 0.643. The summed E-state index contributed by atoms with van der Waals surface area (Å²) in [5.41, 5.74) is 2.56. The van der Waals surface area contributed by atoms with E-state index in [2.05, 4.69) is 5.10 Å². The van der Waals surface area contributed by atoms with Crippen molar-refractivity contribution in [3.63, 3.8) is 0 Å². The largest absolute Gasteiger partial charge is 0.374 e. The lowest BCUT2D eigenvalue weighted by atomic mass is 9.98. The molecule has 60 valence electrons. The first-order valence-corrected chi connectivity index (χ1v) is 4.06. The highest BCUT2D eigenvalue weighted by Gasteiger charge is 2.13. The van der Waals surface area contributed by atoms with Gasteiger partial charge < -0.3 is 5.11 Å². The first-order chi connectivity index (χ1) is 5.42. The minimum atomic E-state index is 0.0231. The second-order valence-corrected chi connectivity index (χ2v) is 2.96. The lowest BCUT2D eigenvalue weighted by Gasteiger charge is -2.11. The van der Waals surface area contributed by atoms with Crippen LogP contribution in [-0.2, 0) is 19.6 Å². The number of fused-ring (bicyclic) bond motifs is 1. The van der Waals surface area contributed by atoms with E-state index in [9.17, 15) is 0 Å². The monoisotopic (exact) mass is 152 g/mol. The number of aromatic nitrogens is 2. The highest BCUT2D eigenvalue weighted by Crippen LogP contribution is 2.19. The van der Waals surface area contributed by atoms with Gasteiger partial charge in [-0.15, -0.1) is 0 Å². The first-order valence-electron chi connectivity index (χ1n) is 4.06. The maximum absolute atomic E-state index is 8.88. The molecule has 1 heterocycles. The van der Waals surface area contributed by atoms with Gasteiger partial charge in [-0.2, -0.15) is 5.10 Å². The average molecular weight is 152 g/mol. The molecule has 1 aromatic rings. The molecule has 0 amide bonds. The van der Waals surface area contributed by atoms with Crippen LogP contribution in [0.3, 0.4) is 0 Å². The predicted octanol–water partition coefficient (Wildman–Crippen LogP) is 0.712. The number of hydrogen-bond donors (Lipinski definition) is 1. The molecule has 0 atom stereocenters. The van der Waals surface area contributed by atoms with Crippen LogP contribution in [0.4, 0.5) is 0 Å². The van der Waals surface area contributed by atoms with Gasteiger partial charge >= 0.3 is 0 Å². The van der Waals surface area contributed by atoms with Gasteiger partial charge in [0, 0.05) is 5.69 Å². The summed E-state index contributed by atoms with van der Waals surface area (Å²) >= 11 is 0. The molecule has 0 saturated heterocycles. The molecule has 1 N–H and O–H groups in total. The van der Waals surface area contributed by atoms with Crippen LogP contribution in [0.15, 0.2) is 6.20 Å². The molecule has 3 nitrogen and oxygen atoms in total. The van der Waals surface area contributed by atoms with Crippen LogP contribution in [0.2, 0.25) is 0 Å². The summed E-state index contributed by atoms with van der Waals surface area (Å²) in [5, 5.41) is 13.0. The fraction of sp³-hybridized carbons (Fsp3) is 0.625. The van der Waals surface area contributed by atoms with E-state index in [1.54, 1.807) is 4.68 Å². The molecule has 0 unspecified atom stereocenters. The Balaban J connectivity index is 2.38. The lowest BCUT2D eigenvalue weighted by molar-refractivity contribution is 0.190. The molecule has 0 radical (unpaired) electrons. The van der Waals surface area contributed by atoms with E-state index in [0.717, 1.165) is 12.8 Å². The van der Waals surface area contributed by atoms with Crippen LogP contribution in [0.1, 0.15) is 24.1 Å². The number of aryl methyl sites for hydroxylation is 1. The van der Waals surface area contributed by atoms with Crippen LogP contribution in [0.25, 0.3) is 0 Å². The Morgan fingerprint density at radius 3 is 3.09 bits per heavy atom. The summed E-state index contributed by atoms with van der Waals surface area (Å²) in [7, 11) is 0. The van der Waals surface area contributed by atoms with Gasteiger partial charge in [-0.25, -0.2) is 4.68 Å². The van der Waals surface area contributed by atoms with E-state index >= 15 is 0 Å². The second kappa shape index (κ2) is 2.66. The molecule has 3 heteroatoms. The van der Waals surface area contributed by atoms with Crippen LogP contribution in [0, 0.1) is 0 Å². The smallest absolute Gasteiger partial charge is 0.136 e. The molecule has 0 saturated carbocycles. The third-order valence-corrected chi connectivity index (χ3v) is 2.28. The van der Waals surface area contributed by atoms with Crippen molar-refractivity contribution in [1.29, 1.82) is 0 Å². The van der Waals surface area contributed by atoms with Crippen molar-refractivity contribution in [2.75, 3.05) is 0 Å². The fourth-order valence-corrected chi connectivity index (χ4v) is 1.68. The van der Waals surface area contributed by atoms with Crippen molar-refractivity contribution in [1.82, 2.24) is 9.78 Å². The van der Waals surface area contributed by atoms with Crippen LogP contribution < -0.4 is 0 Å². The van der Waals surface area contributed by atoms with E-state index < -0.39 is 0 Å². The summed E-state index contributed by atoms with van der Waals surface area (Å²) < 4.78 is 1.69. The van der Waals surface area contributed by atoms with Crippen molar-refractivity contribution in [3.8, 4) is 0 Å². The van der Waals surface area contributed by atoms with E-state index in [1.807, 2.05) is 6.20 Å². The van der Waals surface area contributed by atoms with Gasteiger partial charge in [0.2, 0.25) is 0 Å². The molecule has 1 aromatic heterocycles. The van der Waals surface area contributed by atoms with Gasteiger partial charge in [0.05, 0.1) is 6.20 Å². The number of aliphatic hydroxyl groups excluding tert-OH is 1. The number of aliphatic hydroxyl groups is 1. The van der Waals surface area contributed by atoms with E-state index in [-0.39, 0.29) is 6.73 Å². The first kappa shape index (κ1) is 6.85. The minimum Gasteiger partial charge on any atom is -0.374 e. The van der Waals surface area contributed by atoms with Gasteiger partial charge in [-0.1, -0.05) is 0 Å². The zero-order valence-electron chi connectivity index (χ0n) is 6.45. The van der Waals surface area contributed by atoms with Crippen molar-refractivity contribution < 1.29 is 5.11 Å². The Labute approximate surface area is 65.7 Å². The van der Waals surface area contributed by atoms with Gasteiger partial charge in [0.15, 0.2) is 0 Å². The fourth-order valence-electron chi connectivity index (χ4n) is 1.68. The summed E-state index contributed by atoms with van der Waals surface area (Å²) in [6.45, 7) is 0.0231. The third-order valence-electron chi connectivity index (χ3n) is 2.28. The molecule has 0 spiro atoms. The summed E-state index contributed by atoms with van der Waals surface area (Å²) in [5.74, 6) is 0. The van der Waals surface area contributed by atoms with Gasteiger partial charge in [0.1, 0.15) is 6.73 Å². The molecular formula is C8H12N2O. The zero-order valence-corrected chi connectivity index (χ0v) is 6.45. The molecule has 2 rings (SSSR count). The Morgan fingerprint density at radius 2 is 2.27 bits per heavy atom. The third kappa shape index (κ3) is 1.05. The SMILES string of the molecule is OCn1ncc2c1CCCC2. The summed E-state index contributed by atoms with van der Waals surface area (Å²) in [6.07, 6.45) is 6.60. The highest BCUT2D eigenvalue weighted by atomic mass is 16.3. The molecule has 0 bridgehead atoms. The van der Waals surface area contributed by atoms with Gasteiger partial charge in [-0.3, -0.25) is 0 Å². The lowest BCUT2D eigenvalue weighted by Crippen LogP contribution is -2.08. The molecule has 0 aromatic carbocycles.